The van der Waals surface area contributed by atoms with Gasteiger partial charge in [0.2, 0.25) is 5.91 Å². The number of hydrogen-bond donors (Lipinski definition) is 2. The third-order valence-corrected chi connectivity index (χ3v) is 5.10. The second kappa shape index (κ2) is 7.90. The number of rotatable bonds is 7. The van der Waals surface area contributed by atoms with Gasteiger partial charge in [-0.15, -0.1) is 0 Å². The van der Waals surface area contributed by atoms with E-state index in [1.54, 1.807) is 0 Å². The van der Waals surface area contributed by atoms with Crippen LogP contribution in [0.1, 0.15) is 45.2 Å². The molecule has 10 nitrogen and oxygen atoms in total. The highest BCUT2D eigenvalue weighted by Gasteiger charge is 2.18. The van der Waals surface area contributed by atoms with Gasteiger partial charge in [-0.25, -0.2) is 4.79 Å². The minimum Gasteiger partial charge on any atom is -0.477 e. The summed E-state index contributed by atoms with van der Waals surface area (Å²) >= 11 is 0. The number of carboxylic acid groups (broad SMARTS) is 1. The Kier molecular flexibility index (Phi) is 5.53. The summed E-state index contributed by atoms with van der Waals surface area (Å²) in [5.74, 6) is -1.30. The van der Waals surface area contributed by atoms with Crippen molar-refractivity contribution in [1.82, 2.24) is 29.3 Å². The Labute approximate surface area is 168 Å². The van der Waals surface area contributed by atoms with Crippen molar-refractivity contribution in [2.24, 2.45) is 7.05 Å². The number of anilines is 1. The molecular weight excluding hydrogens is 374 g/mol. The van der Waals surface area contributed by atoms with Crippen LogP contribution in [0.2, 0.25) is 0 Å². The van der Waals surface area contributed by atoms with Crippen LogP contribution in [-0.4, -0.2) is 46.3 Å². The van der Waals surface area contributed by atoms with Gasteiger partial charge in [-0.3, -0.25) is 18.8 Å². The molecule has 0 saturated carbocycles. The number of aryl methyl sites for hydroxylation is 4. The maximum atomic E-state index is 12.4. The monoisotopic (exact) mass is 399 g/mol. The number of amides is 1. The first-order chi connectivity index (χ1) is 13.7. The lowest BCUT2D eigenvalue weighted by Crippen LogP contribution is -2.18. The summed E-state index contributed by atoms with van der Waals surface area (Å²) in [5.41, 5.74) is 5.44. The maximum Gasteiger partial charge on any atom is 0.354 e. The Morgan fingerprint density at radius 2 is 1.79 bits per heavy atom. The van der Waals surface area contributed by atoms with E-state index in [1.165, 1.54) is 16.9 Å². The number of aromatic nitrogens is 6. The third kappa shape index (κ3) is 4.05. The second-order valence-corrected chi connectivity index (χ2v) is 7.02. The van der Waals surface area contributed by atoms with Crippen LogP contribution >= 0.6 is 0 Å². The minimum absolute atomic E-state index is 0.0557. The molecule has 154 valence electrons. The molecule has 3 rings (SSSR count). The molecule has 0 spiro atoms. The first-order valence-corrected chi connectivity index (χ1v) is 9.27. The van der Waals surface area contributed by atoms with Crippen LogP contribution in [0.3, 0.4) is 0 Å². The molecule has 0 aliphatic carbocycles. The smallest absolute Gasteiger partial charge is 0.354 e. The minimum atomic E-state index is -1.07. The number of nitrogens with one attached hydrogen (secondary N) is 1. The maximum absolute atomic E-state index is 12.4. The number of hydrogen-bond acceptors (Lipinski definition) is 5. The summed E-state index contributed by atoms with van der Waals surface area (Å²) in [4.78, 5) is 23.6. The predicted molar refractivity (Wildman–Crippen MR) is 106 cm³/mol. The summed E-state index contributed by atoms with van der Waals surface area (Å²) in [6, 6.07) is 1.40. The predicted octanol–water partition coefficient (Wildman–Crippen LogP) is 1.82. The van der Waals surface area contributed by atoms with E-state index in [1.807, 2.05) is 44.1 Å². The van der Waals surface area contributed by atoms with Crippen LogP contribution in [-0.2, 0) is 24.9 Å². The molecule has 10 heteroatoms. The molecule has 2 N–H and O–H groups in total. The van der Waals surface area contributed by atoms with E-state index in [4.69, 9.17) is 5.11 Å². The summed E-state index contributed by atoms with van der Waals surface area (Å²) in [5, 5.41) is 25.0. The van der Waals surface area contributed by atoms with Gasteiger partial charge in [-0.05, 0) is 33.8 Å². The van der Waals surface area contributed by atoms with E-state index in [9.17, 15) is 9.59 Å². The normalized spacial score (nSPS) is 11.1. The molecule has 0 saturated heterocycles. The van der Waals surface area contributed by atoms with E-state index in [2.05, 4.69) is 20.6 Å². The Morgan fingerprint density at radius 1 is 1.07 bits per heavy atom. The highest BCUT2D eigenvalue weighted by molar-refractivity contribution is 5.92. The fourth-order valence-electron chi connectivity index (χ4n) is 3.33. The van der Waals surface area contributed by atoms with Crippen molar-refractivity contribution < 1.29 is 14.7 Å². The molecule has 0 atom stereocenters. The molecule has 3 aromatic rings. The molecule has 0 aliphatic heterocycles. The molecular formula is C19H25N7O3. The van der Waals surface area contributed by atoms with Gasteiger partial charge in [0.05, 0.1) is 35.9 Å². The van der Waals surface area contributed by atoms with E-state index in [0.29, 0.717) is 12.2 Å². The van der Waals surface area contributed by atoms with Gasteiger partial charge < -0.3 is 10.4 Å². The summed E-state index contributed by atoms with van der Waals surface area (Å²) in [6.45, 7) is 8.50. The average molecular weight is 399 g/mol. The van der Waals surface area contributed by atoms with E-state index in [0.717, 1.165) is 28.3 Å². The zero-order chi connectivity index (χ0) is 21.3. The molecule has 0 aromatic carbocycles. The van der Waals surface area contributed by atoms with Crippen molar-refractivity contribution in [3.63, 3.8) is 0 Å². The number of nitrogens with zero attached hydrogens (tertiary/aromatic N) is 6. The average Bonchev–Trinajstić information content (AvgIpc) is 3.30. The van der Waals surface area contributed by atoms with Crippen molar-refractivity contribution in [3.8, 4) is 0 Å². The summed E-state index contributed by atoms with van der Waals surface area (Å²) in [7, 11) is 1.91. The van der Waals surface area contributed by atoms with Crippen LogP contribution in [0.25, 0.3) is 0 Å². The third-order valence-electron chi connectivity index (χ3n) is 5.10. The number of carbonyl (C=O) groups excluding carboxylic acids is 1. The van der Waals surface area contributed by atoms with Crippen molar-refractivity contribution >= 4 is 17.6 Å². The number of carbonyl (C=O) groups is 2. The quantitative estimate of drug-likeness (QED) is 0.625. The molecule has 29 heavy (non-hydrogen) atoms. The highest BCUT2D eigenvalue weighted by atomic mass is 16.4. The molecule has 1 amide bonds. The molecule has 0 aliphatic rings. The highest BCUT2D eigenvalue weighted by Crippen LogP contribution is 2.22. The first-order valence-electron chi connectivity index (χ1n) is 9.27. The lowest BCUT2D eigenvalue weighted by molar-refractivity contribution is -0.116. The molecule has 0 radical (unpaired) electrons. The Hall–Kier alpha value is -3.43. The summed E-state index contributed by atoms with van der Waals surface area (Å²) in [6.07, 6.45) is 1.51. The molecule has 0 bridgehead atoms. The number of carboxylic acids is 1. The van der Waals surface area contributed by atoms with Crippen molar-refractivity contribution in [3.05, 3.63) is 46.3 Å². The summed E-state index contributed by atoms with van der Waals surface area (Å²) < 4.78 is 5.01. The van der Waals surface area contributed by atoms with Gasteiger partial charge in [-0.1, -0.05) is 0 Å². The van der Waals surface area contributed by atoms with Crippen LogP contribution in [0.4, 0.5) is 5.69 Å². The van der Waals surface area contributed by atoms with Gasteiger partial charge in [0.25, 0.3) is 0 Å². The van der Waals surface area contributed by atoms with Crippen LogP contribution in [0.15, 0.2) is 12.3 Å². The molecule has 0 unspecified atom stereocenters. The number of aromatic carboxylic acids is 1. The van der Waals surface area contributed by atoms with E-state index in [-0.39, 0.29) is 24.6 Å². The Bertz CT molecular complexity index is 1070. The Balaban J connectivity index is 1.70. The van der Waals surface area contributed by atoms with Crippen molar-refractivity contribution in [2.75, 3.05) is 5.32 Å². The van der Waals surface area contributed by atoms with Gasteiger partial charge in [0.1, 0.15) is 5.69 Å². The largest absolute Gasteiger partial charge is 0.477 e. The van der Waals surface area contributed by atoms with Crippen LogP contribution in [0.5, 0.6) is 0 Å². The standard InChI is InChI=1S/C19H25N7O3/c1-11-15(13(3)24(5)22-11)10-26-14(4)18(12(2)23-26)21-17(27)7-9-25-16(19(28)29)6-8-20-25/h6,8H,7,9-10H2,1-5H3,(H,21,27)(H,28,29). The SMILES string of the molecule is Cc1nn(C)c(C)c1Cn1nc(C)c(NC(=O)CCn2nccc2C(=O)O)c1C. The van der Waals surface area contributed by atoms with Gasteiger partial charge in [0.15, 0.2) is 0 Å². The van der Waals surface area contributed by atoms with Crippen LogP contribution in [0, 0.1) is 27.7 Å². The fourth-order valence-corrected chi connectivity index (χ4v) is 3.33. The second-order valence-electron chi connectivity index (χ2n) is 7.02. The fraction of sp³-hybridized carbons (Fsp3) is 0.421. The van der Waals surface area contributed by atoms with E-state index >= 15 is 0 Å². The van der Waals surface area contributed by atoms with Gasteiger partial charge >= 0.3 is 5.97 Å². The van der Waals surface area contributed by atoms with Crippen LogP contribution < -0.4 is 5.32 Å². The zero-order valence-corrected chi connectivity index (χ0v) is 17.2. The van der Waals surface area contributed by atoms with Crippen molar-refractivity contribution in [1.29, 1.82) is 0 Å². The zero-order valence-electron chi connectivity index (χ0n) is 17.2. The molecule has 0 fully saturated rings. The van der Waals surface area contributed by atoms with Gasteiger partial charge in [0, 0.05) is 30.9 Å². The van der Waals surface area contributed by atoms with Gasteiger partial charge in [-0.2, -0.15) is 15.3 Å². The van der Waals surface area contributed by atoms with Crippen molar-refractivity contribution in [2.45, 2.75) is 47.2 Å². The lowest BCUT2D eigenvalue weighted by atomic mass is 10.2. The van der Waals surface area contributed by atoms with E-state index < -0.39 is 5.97 Å². The first kappa shape index (κ1) is 20.3. The lowest BCUT2D eigenvalue weighted by Gasteiger charge is -2.08. The topological polar surface area (TPSA) is 120 Å². The molecule has 3 heterocycles. The molecule has 3 aromatic heterocycles. The Morgan fingerprint density at radius 3 is 2.41 bits per heavy atom.